The van der Waals surface area contributed by atoms with E-state index in [0.717, 1.165) is 18.1 Å². The van der Waals surface area contributed by atoms with Gasteiger partial charge in [0.1, 0.15) is 5.75 Å². The molecule has 0 heterocycles. The first-order valence-electron chi connectivity index (χ1n) is 8.14. The van der Waals surface area contributed by atoms with Gasteiger partial charge in [-0.3, -0.25) is 0 Å². The van der Waals surface area contributed by atoms with Crippen molar-refractivity contribution in [2.45, 2.75) is 65.8 Å². The van der Waals surface area contributed by atoms with Crippen LogP contribution in [-0.2, 0) is 0 Å². The van der Waals surface area contributed by atoms with E-state index in [1.165, 1.54) is 29.5 Å². The van der Waals surface area contributed by atoms with Crippen LogP contribution in [0.1, 0.15) is 62.6 Å². The molecule has 2 rings (SSSR count). The fourth-order valence-corrected chi connectivity index (χ4v) is 3.77. The lowest BCUT2D eigenvalue weighted by Gasteiger charge is -2.41. The molecule has 1 aliphatic rings. The van der Waals surface area contributed by atoms with Crippen LogP contribution in [0.3, 0.4) is 0 Å². The molecule has 1 aliphatic carbocycles. The van der Waals surface area contributed by atoms with Crippen LogP contribution < -0.4 is 10.5 Å². The SMILES string of the molecule is COc1cc(C)c(C2CC(C(C)(C)C)CCC2N)cc1C. The average molecular weight is 289 g/mol. The van der Waals surface area contributed by atoms with Gasteiger partial charge in [0.15, 0.2) is 0 Å². The highest BCUT2D eigenvalue weighted by molar-refractivity contribution is 5.43. The van der Waals surface area contributed by atoms with Crippen LogP contribution in [0, 0.1) is 25.2 Å². The summed E-state index contributed by atoms with van der Waals surface area (Å²) in [6.45, 7) is 11.4. The lowest BCUT2D eigenvalue weighted by molar-refractivity contribution is 0.153. The van der Waals surface area contributed by atoms with Gasteiger partial charge in [-0.25, -0.2) is 0 Å². The second kappa shape index (κ2) is 6.00. The van der Waals surface area contributed by atoms with Crippen molar-refractivity contribution >= 4 is 0 Å². The van der Waals surface area contributed by atoms with E-state index in [0.29, 0.717) is 11.3 Å². The van der Waals surface area contributed by atoms with Crippen LogP contribution in [0.25, 0.3) is 0 Å². The molecule has 0 radical (unpaired) electrons. The Morgan fingerprint density at radius 2 is 1.76 bits per heavy atom. The third-order valence-electron chi connectivity index (χ3n) is 5.31. The normalized spacial score (nSPS) is 26.7. The Morgan fingerprint density at radius 1 is 1.10 bits per heavy atom. The van der Waals surface area contributed by atoms with Gasteiger partial charge in [0.25, 0.3) is 0 Å². The molecule has 0 saturated heterocycles. The Morgan fingerprint density at radius 3 is 2.33 bits per heavy atom. The smallest absolute Gasteiger partial charge is 0.122 e. The number of methoxy groups -OCH3 is 1. The Bertz CT molecular complexity index is 501. The Hall–Kier alpha value is -1.02. The largest absolute Gasteiger partial charge is 0.496 e. The van der Waals surface area contributed by atoms with Crippen molar-refractivity contribution in [2.75, 3.05) is 7.11 Å². The lowest BCUT2D eigenvalue weighted by Crippen LogP contribution is -2.38. The van der Waals surface area contributed by atoms with Gasteiger partial charge in [0, 0.05) is 6.04 Å². The molecule has 118 valence electrons. The monoisotopic (exact) mass is 289 g/mol. The second-order valence-electron chi connectivity index (χ2n) is 7.82. The zero-order valence-corrected chi connectivity index (χ0v) is 14.5. The number of rotatable bonds is 2. The van der Waals surface area contributed by atoms with E-state index in [1.54, 1.807) is 7.11 Å². The molecule has 1 aromatic rings. The molecule has 0 aliphatic heterocycles. The summed E-state index contributed by atoms with van der Waals surface area (Å²) in [5.41, 5.74) is 10.8. The van der Waals surface area contributed by atoms with Crippen molar-refractivity contribution < 1.29 is 4.74 Å². The molecule has 3 unspecified atom stereocenters. The van der Waals surface area contributed by atoms with Crippen LogP contribution in [0.4, 0.5) is 0 Å². The standard InChI is InChI=1S/C19H31NO/c1-12-10-18(21-6)13(2)9-15(12)16-11-14(19(3,4)5)7-8-17(16)20/h9-10,14,16-17H,7-8,11,20H2,1-6H3. The quantitative estimate of drug-likeness (QED) is 0.865. The summed E-state index contributed by atoms with van der Waals surface area (Å²) >= 11 is 0. The molecule has 1 saturated carbocycles. The fourth-order valence-electron chi connectivity index (χ4n) is 3.77. The molecule has 21 heavy (non-hydrogen) atoms. The van der Waals surface area contributed by atoms with Crippen LogP contribution in [0.2, 0.25) is 0 Å². The molecular formula is C19H31NO. The van der Waals surface area contributed by atoms with Crippen molar-refractivity contribution in [1.82, 2.24) is 0 Å². The van der Waals surface area contributed by atoms with E-state index in [2.05, 4.69) is 46.8 Å². The van der Waals surface area contributed by atoms with Crippen LogP contribution in [0.15, 0.2) is 12.1 Å². The second-order valence-corrected chi connectivity index (χ2v) is 7.82. The lowest BCUT2D eigenvalue weighted by atomic mass is 9.65. The third kappa shape index (κ3) is 3.42. The van der Waals surface area contributed by atoms with Crippen molar-refractivity contribution in [2.24, 2.45) is 17.1 Å². The summed E-state index contributed by atoms with van der Waals surface area (Å²) in [6, 6.07) is 4.75. The number of aryl methyl sites for hydroxylation is 2. The molecule has 2 N–H and O–H groups in total. The van der Waals surface area contributed by atoms with E-state index >= 15 is 0 Å². The van der Waals surface area contributed by atoms with Crippen molar-refractivity contribution in [3.63, 3.8) is 0 Å². The van der Waals surface area contributed by atoms with Crippen LogP contribution in [0.5, 0.6) is 5.75 Å². The van der Waals surface area contributed by atoms with Crippen molar-refractivity contribution in [3.8, 4) is 5.75 Å². The predicted octanol–water partition coefficient (Wildman–Crippen LogP) is 4.57. The van der Waals surface area contributed by atoms with Gasteiger partial charge in [-0.05, 0) is 73.1 Å². The maximum Gasteiger partial charge on any atom is 0.122 e. The van der Waals surface area contributed by atoms with Gasteiger partial charge in [-0.15, -0.1) is 0 Å². The number of nitrogens with two attached hydrogens (primary N) is 1. The molecular weight excluding hydrogens is 258 g/mol. The summed E-state index contributed by atoms with van der Waals surface area (Å²) in [5.74, 6) is 2.21. The summed E-state index contributed by atoms with van der Waals surface area (Å²) in [4.78, 5) is 0. The average Bonchev–Trinajstić information content (AvgIpc) is 2.40. The summed E-state index contributed by atoms with van der Waals surface area (Å²) < 4.78 is 5.44. The Balaban J connectivity index is 2.33. The van der Waals surface area contributed by atoms with Gasteiger partial charge >= 0.3 is 0 Å². The van der Waals surface area contributed by atoms with Gasteiger partial charge < -0.3 is 10.5 Å². The maximum absolute atomic E-state index is 6.47. The number of hydrogen-bond acceptors (Lipinski definition) is 2. The minimum atomic E-state index is 0.287. The fraction of sp³-hybridized carbons (Fsp3) is 0.684. The van der Waals surface area contributed by atoms with E-state index in [4.69, 9.17) is 10.5 Å². The highest BCUT2D eigenvalue weighted by Gasteiger charge is 2.35. The predicted molar refractivity (Wildman–Crippen MR) is 90.0 cm³/mol. The van der Waals surface area contributed by atoms with Crippen LogP contribution in [-0.4, -0.2) is 13.2 Å². The highest BCUT2D eigenvalue weighted by atomic mass is 16.5. The van der Waals surface area contributed by atoms with Crippen molar-refractivity contribution in [1.29, 1.82) is 0 Å². The van der Waals surface area contributed by atoms with Crippen molar-refractivity contribution in [3.05, 3.63) is 28.8 Å². The summed E-state index contributed by atoms with van der Waals surface area (Å²) in [5, 5.41) is 0. The molecule has 2 nitrogen and oxygen atoms in total. The Labute approximate surface area is 130 Å². The molecule has 0 spiro atoms. The van der Waals surface area contributed by atoms with E-state index in [-0.39, 0.29) is 6.04 Å². The van der Waals surface area contributed by atoms with E-state index in [1.807, 2.05) is 0 Å². The molecule has 0 aromatic heterocycles. The third-order valence-corrected chi connectivity index (χ3v) is 5.31. The van der Waals surface area contributed by atoms with Gasteiger partial charge in [0.2, 0.25) is 0 Å². The minimum Gasteiger partial charge on any atom is -0.496 e. The summed E-state index contributed by atoms with van der Waals surface area (Å²) in [7, 11) is 1.74. The zero-order chi connectivity index (χ0) is 15.8. The highest BCUT2D eigenvalue weighted by Crippen LogP contribution is 2.44. The first-order valence-corrected chi connectivity index (χ1v) is 8.14. The zero-order valence-electron chi connectivity index (χ0n) is 14.5. The maximum atomic E-state index is 6.47. The molecule has 2 heteroatoms. The Kier molecular flexibility index (Phi) is 4.67. The first-order chi connectivity index (χ1) is 9.74. The van der Waals surface area contributed by atoms with Gasteiger partial charge in [-0.1, -0.05) is 26.8 Å². The number of benzene rings is 1. The number of ether oxygens (including phenoxy) is 1. The molecule has 1 fully saturated rings. The van der Waals surface area contributed by atoms with E-state index < -0.39 is 0 Å². The summed E-state index contributed by atoms with van der Waals surface area (Å²) in [6.07, 6.45) is 3.60. The molecule has 3 atom stereocenters. The minimum absolute atomic E-state index is 0.287. The van der Waals surface area contributed by atoms with Crippen LogP contribution >= 0.6 is 0 Å². The first kappa shape index (κ1) is 16.4. The van der Waals surface area contributed by atoms with E-state index in [9.17, 15) is 0 Å². The molecule has 0 bridgehead atoms. The topological polar surface area (TPSA) is 35.2 Å². The number of hydrogen-bond donors (Lipinski definition) is 1. The van der Waals surface area contributed by atoms with Gasteiger partial charge in [-0.2, -0.15) is 0 Å². The molecule has 1 aromatic carbocycles. The molecule has 0 amide bonds. The van der Waals surface area contributed by atoms with Gasteiger partial charge in [0.05, 0.1) is 7.11 Å².